The fourth-order valence-electron chi connectivity index (χ4n) is 2.44. The van der Waals surface area contributed by atoms with E-state index in [-0.39, 0.29) is 0 Å². The second kappa shape index (κ2) is 15.0. The van der Waals surface area contributed by atoms with Crippen LogP contribution in [0.1, 0.15) is 71.1 Å². The molecule has 0 saturated heterocycles. The minimum absolute atomic E-state index is 0.943. The third-order valence-corrected chi connectivity index (χ3v) is 3.75. The molecule has 0 aromatic rings. The number of nitrogens with one attached hydrogen (secondary N) is 2. The quantitative estimate of drug-likeness (QED) is 0.460. The molecule has 0 spiro atoms. The summed E-state index contributed by atoms with van der Waals surface area (Å²) in [5.74, 6) is 0.943. The van der Waals surface area contributed by atoms with Gasteiger partial charge in [-0.15, -0.1) is 0 Å². The summed E-state index contributed by atoms with van der Waals surface area (Å²) >= 11 is 0. The molecule has 0 bridgehead atoms. The summed E-state index contributed by atoms with van der Waals surface area (Å²) in [5, 5.41) is 6.42. The summed E-state index contributed by atoms with van der Waals surface area (Å²) in [5.41, 5.74) is 0. The predicted octanol–water partition coefficient (Wildman–Crippen LogP) is 3.96. The summed E-state index contributed by atoms with van der Waals surface area (Å²) in [6.07, 6.45) is 14.1. The monoisotopic (exact) mass is 256 g/mol. The molecule has 0 aliphatic heterocycles. The molecule has 110 valence electrons. The highest BCUT2D eigenvalue weighted by molar-refractivity contribution is 4.56. The van der Waals surface area contributed by atoms with Crippen molar-refractivity contribution in [2.24, 2.45) is 5.92 Å². The van der Waals surface area contributed by atoms with E-state index < -0.39 is 0 Å². The van der Waals surface area contributed by atoms with Crippen molar-refractivity contribution in [1.82, 2.24) is 10.6 Å². The van der Waals surface area contributed by atoms with Crippen molar-refractivity contribution < 1.29 is 0 Å². The molecular weight excluding hydrogens is 220 g/mol. The molecule has 0 saturated carbocycles. The van der Waals surface area contributed by atoms with E-state index in [2.05, 4.69) is 17.6 Å². The van der Waals surface area contributed by atoms with Crippen molar-refractivity contribution >= 4 is 0 Å². The Morgan fingerprint density at radius 2 is 1.00 bits per heavy atom. The van der Waals surface area contributed by atoms with Crippen molar-refractivity contribution in [2.45, 2.75) is 71.1 Å². The Morgan fingerprint density at radius 1 is 0.611 bits per heavy atom. The zero-order valence-electron chi connectivity index (χ0n) is 13.1. The lowest BCUT2D eigenvalue weighted by molar-refractivity contribution is 0.433. The van der Waals surface area contributed by atoms with Crippen LogP contribution in [0.15, 0.2) is 0 Å². The summed E-state index contributed by atoms with van der Waals surface area (Å²) < 4.78 is 0. The average molecular weight is 256 g/mol. The molecule has 0 unspecified atom stereocenters. The Hall–Kier alpha value is -0.0800. The van der Waals surface area contributed by atoms with Crippen LogP contribution in [0.5, 0.6) is 0 Å². The highest BCUT2D eigenvalue weighted by atomic mass is 14.8. The molecule has 0 heterocycles. The van der Waals surface area contributed by atoms with E-state index in [9.17, 15) is 0 Å². The minimum atomic E-state index is 0.943. The van der Waals surface area contributed by atoms with Crippen LogP contribution in [0.25, 0.3) is 0 Å². The van der Waals surface area contributed by atoms with Crippen LogP contribution in [-0.2, 0) is 0 Å². The van der Waals surface area contributed by atoms with Crippen molar-refractivity contribution in [3.63, 3.8) is 0 Å². The van der Waals surface area contributed by atoms with E-state index in [1.165, 1.54) is 77.3 Å². The van der Waals surface area contributed by atoms with E-state index in [1.54, 1.807) is 0 Å². The van der Waals surface area contributed by atoms with Gasteiger partial charge in [-0.05, 0) is 45.9 Å². The highest BCUT2D eigenvalue weighted by Crippen LogP contribution is 2.17. The van der Waals surface area contributed by atoms with Gasteiger partial charge in [0.2, 0.25) is 0 Å². The normalized spacial score (nSPS) is 11.3. The predicted molar refractivity (Wildman–Crippen MR) is 83.2 cm³/mol. The third kappa shape index (κ3) is 14.0. The van der Waals surface area contributed by atoms with E-state index in [4.69, 9.17) is 0 Å². The Bertz CT molecular complexity index is 132. The molecular formula is C16H36N2. The molecule has 0 rings (SSSR count). The maximum Gasteiger partial charge on any atom is -0.00519 e. The Kier molecular flexibility index (Phi) is 14.9. The summed E-state index contributed by atoms with van der Waals surface area (Å²) in [6.45, 7) is 4.80. The molecule has 2 heteroatoms. The first-order valence-electron chi connectivity index (χ1n) is 8.10. The molecule has 18 heavy (non-hydrogen) atoms. The van der Waals surface area contributed by atoms with Gasteiger partial charge in [0, 0.05) is 0 Å². The molecule has 0 aliphatic carbocycles. The standard InChI is InChI=1S/C16H36N2/c1-16(12-8-4-6-10-14-17-2)13-9-5-7-11-15-18-3/h16-18H,4-15H2,1-3H3. The summed E-state index contributed by atoms with van der Waals surface area (Å²) in [7, 11) is 4.08. The van der Waals surface area contributed by atoms with Crippen LogP contribution in [0.4, 0.5) is 0 Å². The first-order valence-corrected chi connectivity index (χ1v) is 8.10. The van der Waals surface area contributed by atoms with E-state index >= 15 is 0 Å². The smallest absolute Gasteiger partial charge is 0.00519 e. The molecule has 2 N–H and O–H groups in total. The molecule has 0 aromatic heterocycles. The van der Waals surface area contributed by atoms with Gasteiger partial charge in [-0.3, -0.25) is 0 Å². The van der Waals surface area contributed by atoms with Crippen molar-refractivity contribution in [2.75, 3.05) is 27.2 Å². The second-order valence-corrected chi connectivity index (χ2v) is 5.72. The second-order valence-electron chi connectivity index (χ2n) is 5.72. The summed E-state index contributed by atoms with van der Waals surface area (Å²) in [4.78, 5) is 0. The molecule has 0 atom stereocenters. The molecule has 2 nitrogen and oxygen atoms in total. The number of hydrogen-bond acceptors (Lipinski definition) is 2. The van der Waals surface area contributed by atoms with Crippen LogP contribution >= 0.6 is 0 Å². The maximum absolute atomic E-state index is 3.21. The van der Waals surface area contributed by atoms with Crippen molar-refractivity contribution in [1.29, 1.82) is 0 Å². The van der Waals surface area contributed by atoms with Gasteiger partial charge in [0.1, 0.15) is 0 Å². The topological polar surface area (TPSA) is 24.1 Å². The lowest BCUT2D eigenvalue weighted by Crippen LogP contribution is -2.07. The SMILES string of the molecule is CNCCCCCCC(C)CCCCCCNC. The van der Waals surface area contributed by atoms with Crippen LogP contribution in [-0.4, -0.2) is 27.2 Å². The molecule has 0 amide bonds. The lowest BCUT2D eigenvalue weighted by atomic mass is 9.96. The van der Waals surface area contributed by atoms with Gasteiger partial charge in [-0.2, -0.15) is 0 Å². The van der Waals surface area contributed by atoms with Gasteiger partial charge in [0.25, 0.3) is 0 Å². The fourth-order valence-corrected chi connectivity index (χ4v) is 2.44. The van der Waals surface area contributed by atoms with Gasteiger partial charge in [0.05, 0.1) is 0 Å². The third-order valence-electron chi connectivity index (χ3n) is 3.75. The van der Waals surface area contributed by atoms with Crippen molar-refractivity contribution in [3.05, 3.63) is 0 Å². The van der Waals surface area contributed by atoms with Crippen LogP contribution in [0.3, 0.4) is 0 Å². The van der Waals surface area contributed by atoms with Gasteiger partial charge in [-0.25, -0.2) is 0 Å². The van der Waals surface area contributed by atoms with Gasteiger partial charge < -0.3 is 10.6 Å². The van der Waals surface area contributed by atoms with Crippen molar-refractivity contribution in [3.8, 4) is 0 Å². The van der Waals surface area contributed by atoms with Gasteiger partial charge >= 0.3 is 0 Å². The van der Waals surface area contributed by atoms with E-state index in [0.717, 1.165) is 5.92 Å². The van der Waals surface area contributed by atoms with Gasteiger partial charge in [-0.1, -0.05) is 58.3 Å². The largest absolute Gasteiger partial charge is 0.320 e. The lowest BCUT2D eigenvalue weighted by Gasteiger charge is -2.11. The van der Waals surface area contributed by atoms with Gasteiger partial charge in [0.15, 0.2) is 0 Å². The fraction of sp³-hybridized carbons (Fsp3) is 1.00. The highest BCUT2D eigenvalue weighted by Gasteiger charge is 2.01. The molecule has 0 aliphatic rings. The van der Waals surface area contributed by atoms with E-state index in [1.807, 2.05) is 14.1 Å². The Balaban J connectivity index is 3.10. The zero-order valence-corrected chi connectivity index (χ0v) is 13.1. The number of rotatable bonds is 14. The van der Waals surface area contributed by atoms with Crippen LogP contribution in [0.2, 0.25) is 0 Å². The summed E-state index contributed by atoms with van der Waals surface area (Å²) in [6, 6.07) is 0. The van der Waals surface area contributed by atoms with E-state index in [0.29, 0.717) is 0 Å². The molecule has 0 radical (unpaired) electrons. The average Bonchev–Trinajstić information content (AvgIpc) is 2.38. The Labute approximate surface area is 115 Å². The molecule has 0 fully saturated rings. The van der Waals surface area contributed by atoms with Crippen LogP contribution < -0.4 is 10.6 Å². The number of hydrogen-bond donors (Lipinski definition) is 2. The molecule has 0 aromatic carbocycles. The first kappa shape index (κ1) is 17.9. The number of unbranched alkanes of at least 4 members (excludes halogenated alkanes) is 6. The zero-order chi connectivity index (χ0) is 13.5. The minimum Gasteiger partial charge on any atom is -0.320 e. The maximum atomic E-state index is 3.21. The first-order chi connectivity index (χ1) is 8.81. The Morgan fingerprint density at radius 3 is 1.39 bits per heavy atom. The van der Waals surface area contributed by atoms with Crippen LogP contribution in [0, 0.1) is 5.92 Å².